The number of ether oxygens (including phenoxy) is 1. The average Bonchev–Trinajstić information content (AvgIpc) is 2.17. The van der Waals surface area contributed by atoms with Crippen LogP contribution in [-0.4, -0.2) is 31.2 Å². The molecule has 2 atom stereocenters. The second kappa shape index (κ2) is 6.63. The molecule has 0 spiro atoms. The van der Waals surface area contributed by atoms with Gasteiger partial charge in [0, 0.05) is 25.1 Å². The Morgan fingerprint density at radius 2 is 2.38 bits per heavy atom. The monoisotopic (exact) mass is 205 g/mol. The van der Waals surface area contributed by atoms with E-state index in [0.717, 1.165) is 25.5 Å². The second-order valence-electron chi connectivity index (χ2n) is 3.78. The summed E-state index contributed by atoms with van der Waals surface area (Å²) in [4.78, 5) is 0. The normalized spacial score (nSPS) is 25.8. The first-order valence-electron chi connectivity index (χ1n) is 5.24. The number of nitrogens with one attached hydrogen (secondary N) is 1. The van der Waals surface area contributed by atoms with Crippen LogP contribution >= 0.6 is 11.6 Å². The summed E-state index contributed by atoms with van der Waals surface area (Å²) >= 11 is 5.65. The van der Waals surface area contributed by atoms with Crippen molar-refractivity contribution in [1.29, 1.82) is 0 Å². The van der Waals surface area contributed by atoms with Crippen LogP contribution in [0.15, 0.2) is 0 Å². The lowest BCUT2D eigenvalue weighted by molar-refractivity contribution is 0.0156. The van der Waals surface area contributed by atoms with Crippen molar-refractivity contribution in [2.75, 3.05) is 19.0 Å². The molecule has 2 unspecified atom stereocenters. The van der Waals surface area contributed by atoms with E-state index in [2.05, 4.69) is 12.2 Å². The highest BCUT2D eigenvalue weighted by Gasteiger charge is 2.13. The van der Waals surface area contributed by atoms with Crippen LogP contribution in [0.3, 0.4) is 0 Å². The van der Waals surface area contributed by atoms with E-state index in [4.69, 9.17) is 16.3 Å². The third-order valence-corrected chi connectivity index (χ3v) is 2.73. The number of rotatable bonds is 5. The molecule has 0 radical (unpaired) electrons. The summed E-state index contributed by atoms with van der Waals surface area (Å²) in [7, 11) is 0. The average molecular weight is 206 g/mol. The molecule has 1 fully saturated rings. The number of alkyl halides is 1. The molecule has 2 nitrogen and oxygen atoms in total. The molecule has 1 saturated heterocycles. The predicted octanol–water partition coefficient (Wildman–Crippen LogP) is 2.16. The fourth-order valence-corrected chi connectivity index (χ4v) is 1.89. The highest BCUT2D eigenvalue weighted by molar-refractivity contribution is 6.17. The molecule has 0 aliphatic carbocycles. The SMILES string of the molecule is CC(CCCl)NCC1CCCCO1. The van der Waals surface area contributed by atoms with E-state index >= 15 is 0 Å². The standard InChI is InChI=1S/C10H20ClNO/c1-9(5-6-11)12-8-10-4-2-3-7-13-10/h9-10,12H,2-8H2,1H3. The van der Waals surface area contributed by atoms with Gasteiger partial charge in [-0.25, -0.2) is 0 Å². The Morgan fingerprint density at radius 1 is 1.54 bits per heavy atom. The Morgan fingerprint density at radius 3 is 3.00 bits per heavy atom. The van der Waals surface area contributed by atoms with Crippen LogP contribution in [0.2, 0.25) is 0 Å². The summed E-state index contributed by atoms with van der Waals surface area (Å²) in [6.45, 7) is 4.10. The highest BCUT2D eigenvalue weighted by Crippen LogP contribution is 2.11. The van der Waals surface area contributed by atoms with Crippen molar-refractivity contribution in [2.45, 2.75) is 44.8 Å². The van der Waals surface area contributed by atoms with Gasteiger partial charge < -0.3 is 10.1 Å². The van der Waals surface area contributed by atoms with Crippen molar-refractivity contribution in [1.82, 2.24) is 5.32 Å². The minimum absolute atomic E-state index is 0.437. The molecule has 0 aromatic rings. The molecule has 0 aromatic carbocycles. The van der Waals surface area contributed by atoms with Gasteiger partial charge in [0.1, 0.15) is 0 Å². The van der Waals surface area contributed by atoms with Gasteiger partial charge in [-0.1, -0.05) is 0 Å². The lowest BCUT2D eigenvalue weighted by Crippen LogP contribution is -2.36. The van der Waals surface area contributed by atoms with E-state index in [1.165, 1.54) is 19.3 Å². The van der Waals surface area contributed by atoms with Crippen LogP contribution in [0, 0.1) is 0 Å². The van der Waals surface area contributed by atoms with Crippen LogP contribution in [0.5, 0.6) is 0 Å². The lowest BCUT2D eigenvalue weighted by Gasteiger charge is -2.24. The van der Waals surface area contributed by atoms with Crippen molar-refractivity contribution >= 4 is 11.6 Å². The summed E-state index contributed by atoms with van der Waals surface area (Å²) < 4.78 is 5.61. The minimum Gasteiger partial charge on any atom is -0.377 e. The third-order valence-electron chi connectivity index (χ3n) is 2.51. The zero-order chi connectivity index (χ0) is 9.52. The highest BCUT2D eigenvalue weighted by atomic mass is 35.5. The molecule has 0 aromatic heterocycles. The van der Waals surface area contributed by atoms with Crippen LogP contribution in [0.25, 0.3) is 0 Å². The summed E-state index contributed by atoms with van der Waals surface area (Å²) in [5.41, 5.74) is 0. The van der Waals surface area contributed by atoms with Crippen LogP contribution < -0.4 is 5.32 Å². The van der Waals surface area contributed by atoms with Gasteiger partial charge in [-0.3, -0.25) is 0 Å². The fraction of sp³-hybridized carbons (Fsp3) is 1.00. The molecule has 78 valence electrons. The topological polar surface area (TPSA) is 21.3 Å². The maximum absolute atomic E-state index is 5.65. The summed E-state index contributed by atoms with van der Waals surface area (Å²) in [5.74, 6) is 0.736. The van der Waals surface area contributed by atoms with Gasteiger partial charge in [0.2, 0.25) is 0 Å². The summed E-state index contributed by atoms with van der Waals surface area (Å²) in [5, 5.41) is 3.44. The zero-order valence-electron chi connectivity index (χ0n) is 8.39. The maximum atomic E-state index is 5.65. The van der Waals surface area contributed by atoms with Crippen LogP contribution in [0.1, 0.15) is 32.6 Å². The Kier molecular flexibility index (Phi) is 5.76. The second-order valence-corrected chi connectivity index (χ2v) is 4.15. The molecule has 1 N–H and O–H groups in total. The van der Waals surface area contributed by atoms with Gasteiger partial charge >= 0.3 is 0 Å². The first kappa shape index (κ1) is 11.3. The van der Waals surface area contributed by atoms with Crippen molar-refractivity contribution in [3.05, 3.63) is 0 Å². The molecule has 1 aliphatic heterocycles. The first-order valence-corrected chi connectivity index (χ1v) is 5.77. The molecule has 0 bridgehead atoms. The number of hydrogen-bond donors (Lipinski definition) is 1. The van der Waals surface area contributed by atoms with Crippen LogP contribution in [0.4, 0.5) is 0 Å². The van der Waals surface area contributed by atoms with Gasteiger partial charge in [0.25, 0.3) is 0 Å². The first-order chi connectivity index (χ1) is 6.33. The summed E-state index contributed by atoms with van der Waals surface area (Å²) in [6, 6.07) is 0.517. The Bertz CT molecular complexity index is 126. The van der Waals surface area contributed by atoms with E-state index in [0.29, 0.717) is 12.1 Å². The Labute approximate surface area is 86.0 Å². The van der Waals surface area contributed by atoms with E-state index in [1.807, 2.05) is 0 Å². The fourth-order valence-electron chi connectivity index (χ4n) is 1.57. The van der Waals surface area contributed by atoms with Crippen molar-refractivity contribution in [2.24, 2.45) is 0 Å². The molecule has 3 heteroatoms. The maximum Gasteiger partial charge on any atom is 0.0699 e. The molecular formula is C10H20ClNO. The van der Waals surface area contributed by atoms with Crippen molar-refractivity contribution in [3.63, 3.8) is 0 Å². The largest absolute Gasteiger partial charge is 0.377 e. The van der Waals surface area contributed by atoms with Gasteiger partial charge in [-0.05, 0) is 32.6 Å². The van der Waals surface area contributed by atoms with Crippen molar-refractivity contribution in [3.8, 4) is 0 Å². The molecule has 0 saturated carbocycles. The molecule has 1 heterocycles. The predicted molar refractivity (Wildman–Crippen MR) is 56.4 cm³/mol. The third kappa shape index (κ3) is 4.84. The van der Waals surface area contributed by atoms with E-state index in [9.17, 15) is 0 Å². The minimum atomic E-state index is 0.437. The molecular weight excluding hydrogens is 186 g/mol. The molecule has 1 aliphatic rings. The van der Waals surface area contributed by atoms with E-state index in [1.54, 1.807) is 0 Å². The number of halogens is 1. The molecule has 0 amide bonds. The zero-order valence-corrected chi connectivity index (χ0v) is 9.15. The summed E-state index contributed by atoms with van der Waals surface area (Å²) in [6.07, 6.45) is 5.23. The van der Waals surface area contributed by atoms with Crippen molar-refractivity contribution < 1.29 is 4.74 Å². The molecule has 1 rings (SSSR count). The van der Waals surface area contributed by atoms with Gasteiger partial charge in [0.15, 0.2) is 0 Å². The lowest BCUT2D eigenvalue weighted by atomic mass is 10.1. The number of hydrogen-bond acceptors (Lipinski definition) is 2. The van der Waals surface area contributed by atoms with E-state index < -0.39 is 0 Å². The van der Waals surface area contributed by atoms with E-state index in [-0.39, 0.29) is 0 Å². The van der Waals surface area contributed by atoms with Gasteiger partial charge in [-0.2, -0.15) is 0 Å². The molecule has 13 heavy (non-hydrogen) atoms. The van der Waals surface area contributed by atoms with Gasteiger partial charge in [-0.15, -0.1) is 11.6 Å². The van der Waals surface area contributed by atoms with Gasteiger partial charge in [0.05, 0.1) is 6.10 Å². The smallest absolute Gasteiger partial charge is 0.0699 e. The quantitative estimate of drug-likeness (QED) is 0.695. The Hall–Kier alpha value is 0.210. The van der Waals surface area contributed by atoms with Crippen LogP contribution in [-0.2, 0) is 4.74 Å². The Balaban J connectivity index is 2.03.